The molecule has 6 heteroatoms. The van der Waals surface area contributed by atoms with Crippen LogP contribution in [0.4, 0.5) is 18.0 Å². The van der Waals surface area contributed by atoms with Crippen LogP contribution in [-0.4, -0.2) is 29.3 Å². The van der Waals surface area contributed by atoms with Gasteiger partial charge in [-0.3, -0.25) is 0 Å². The molecule has 1 aliphatic rings. The van der Waals surface area contributed by atoms with Gasteiger partial charge in [-0.2, -0.15) is 13.2 Å². The molecular weight excluding hydrogens is 307 g/mol. The minimum atomic E-state index is -4.24. The van der Waals surface area contributed by atoms with Gasteiger partial charge in [0.1, 0.15) is 5.60 Å². The van der Waals surface area contributed by atoms with Gasteiger partial charge in [-0.25, -0.2) is 4.79 Å². The van der Waals surface area contributed by atoms with E-state index in [4.69, 9.17) is 4.74 Å². The molecule has 23 heavy (non-hydrogen) atoms. The van der Waals surface area contributed by atoms with Crippen molar-refractivity contribution in [1.82, 2.24) is 4.90 Å². The Morgan fingerprint density at radius 1 is 1.17 bits per heavy atom. The highest BCUT2D eigenvalue weighted by atomic mass is 19.4. The third kappa shape index (κ3) is 4.62. The molecule has 0 spiro atoms. The molecule has 0 aliphatic carbocycles. The summed E-state index contributed by atoms with van der Waals surface area (Å²) >= 11 is 0. The van der Waals surface area contributed by atoms with E-state index in [-0.39, 0.29) is 19.4 Å². The van der Waals surface area contributed by atoms with E-state index in [1.807, 2.05) is 0 Å². The van der Waals surface area contributed by atoms with Crippen molar-refractivity contribution in [2.24, 2.45) is 5.92 Å². The third-order valence-electron chi connectivity index (χ3n) is 3.88. The number of benzene rings is 1. The van der Waals surface area contributed by atoms with Gasteiger partial charge < -0.3 is 9.64 Å². The molecule has 1 aromatic carbocycles. The van der Waals surface area contributed by atoms with E-state index >= 15 is 0 Å². The Labute approximate surface area is 134 Å². The molecule has 1 aliphatic heterocycles. The molecule has 1 amide bonds. The van der Waals surface area contributed by atoms with Gasteiger partial charge in [-0.15, -0.1) is 0 Å². The Morgan fingerprint density at radius 3 is 2.30 bits per heavy atom. The van der Waals surface area contributed by atoms with Crippen LogP contribution in [0, 0.1) is 5.92 Å². The molecule has 0 saturated carbocycles. The first kappa shape index (κ1) is 17.6. The van der Waals surface area contributed by atoms with Gasteiger partial charge in [-0.05, 0) is 39.2 Å². The van der Waals surface area contributed by atoms with E-state index in [1.165, 1.54) is 4.90 Å². The smallest absolute Gasteiger partial charge is 0.410 e. The Hall–Kier alpha value is -1.72. The Bertz CT molecular complexity index is 537. The highest BCUT2D eigenvalue weighted by Crippen LogP contribution is 2.42. The number of nitrogens with zero attached hydrogens (tertiary/aromatic N) is 1. The lowest BCUT2D eigenvalue weighted by molar-refractivity contribution is -0.189. The first-order valence-electron chi connectivity index (χ1n) is 7.69. The van der Waals surface area contributed by atoms with Crippen LogP contribution in [0.25, 0.3) is 0 Å². The van der Waals surface area contributed by atoms with E-state index in [9.17, 15) is 18.0 Å². The first-order valence-corrected chi connectivity index (χ1v) is 7.69. The molecule has 0 bridgehead atoms. The van der Waals surface area contributed by atoms with Crippen molar-refractivity contribution in [1.29, 1.82) is 0 Å². The van der Waals surface area contributed by atoms with Crippen molar-refractivity contribution in [3.8, 4) is 0 Å². The van der Waals surface area contributed by atoms with Crippen molar-refractivity contribution in [2.75, 3.05) is 6.54 Å². The monoisotopic (exact) mass is 329 g/mol. The number of likely N-dealkylation sites (tertiary alicyclic amines) is 1. The zero-order valence-corrected chi connectivity index (χ0v) is 13.6. The van der Waals surface area contributed by atoms with Gasteiger partial charge >= 0.3 is 12.3 Å². The Morgan fingerprint density at radius 2 is 1.78 bits per heavy atom. The predicted molar refractivity (Wildman–Crippen MR) is 80.9 cm³/mol. The summed E-state index contributed by atoms with van der Waals surface area (Å²) in [5, 5.41) is 0. The second-order valence-corrected chi connectivity index (χ2v) is 6.86. The lowest BCUT2D eigenvalue weighted by Gasteiger charge is -2.40. The van der Waals surface area contributed by atoms with Gasteiger partial charge in [-0.1, -0.05) is 30.3 Å². The number of ether oxygens (including phenoxy) is 1. The average molecular weight is 329 g/mol. The zero-order chi connectivity index (χ0) is 17.3. The van der Waals surface area contributed by atoms with E-state index in [0.29, 0.717) is 5.56 Å². The lowest BCUT2D eigenvalue weighted by Crippen LogP contribution is -2.46. The molecule has 1 fully saturated rings. The van der Waals surface area contributed by atoms with E-state index < -0.39 is 29.8 Å². The maximum Gasteiger partial charge on any atom is 0.410 e. The third-order valence-corrected chi connectivity index (χ3v) is 3.88. The molecule has 1 saturated heterocycles. The van der Waals surface area contributed by atoms with Crippen LogP contribution in [0.15, 0.2) is 30.3 Å². The fraction of sp³-hybridized carbons (Fsp3) is 0.588. The van der Waals surface area contributed by atoms with Crippen LogP contribution in [0.1, 0.15) is 45.2 Å². The fourth-order valence-electron chi connectivity index (χ4n) is 2.79. The average Bonchev–Trinajstić information content (AvgIpc) is 2.45. The number of alkyl halides is 3. The van der Waals surface area contributed by atoms with Crippen molar-refractivity contribution in [3.63, 3.8) is 0 Å². The number of halogens is 3. The SMILES string of the molecule is CC(C)(C)OC(=O)N1CCC(C(F)(F)F)CC1c1ccccc1. The summed E-state index contributed by atoms with van der Waals surface area (Å²) < 4.78 is 44.6. The summed E-state index contributed by atoms with van der Waals surface area (Å²) in [6.45, 7) is 5.26. The summed E-state index contributed by atoms with van der Waals surface area (Å²) in [7, 11) is 0. The van der Waals surface area contributed by atoms with Crippen molar-refractivity contribution < 1.29 is 22.7 Å². The van der Waals surface area contributed by atoms with Crippen LogP contribution in [0.2, 0.25) is 0 Å². The molecule has 2 unspecified atom stereocenters. The Kier molecular flexibility index (Phi) is 4.92. The van der Waals surface area contributed by atoms with E-state index in [2.05, 4.69) is 0 Å². The maximum atomic E-state index is 13.1. The molecule has 0 radical (unpaired) electrons. The summed E-state index contributed by atoms with van der Waals surface area (Å²) in [5.74, 6) is -1.40. The normalized spacial score (nSPS) is 22.8. The summed E-state index contributed by atoms with van der Waals surface area (Å²) in [5.41, 5.74) is 0.0199. The Balaban J connectivity index is 2.25. The molecule has 2 rings (SSSR count). The van der Waals surface area contributed by atoms with Crippen molar-refractivity contribution in [2.45, 2.75) is 51.4 Å². The van der Waals surface area contributed by atoms with Gasteiger partial charge in [0.25, 0.3) is 0 Å². The number of carbonyl (C=O) groups is 1. The second-order valence-electron chi connectivity index (χ2n) is 6.86. The topological polar surface area (TPSA) is 29.5 Å². The van der Waals surface area contributed by atoms with Gasteiger partial charge in [0.05, 0.1) is 12.0 Å². The molecule has 1 aromatic rings. The summed E-state index contributed by atoms with van der Waals surface area (Å²) in [6, 6.07) is 8.21. The molecule has 1 heterocycles. The summed E-state index contributed by atoms with van der Waals surface area (Å²) in [4.78, 5) is 13.8. The van der Waals surface area contributed by atoms with Crippen LogP contribution in [0.3, 0.4) is 0 Å². The number of piperidine rings is 1. The minimum absolute atomic E-state index is 0.0403. The minimum Gasteiger partial charge on any atom is -0.444 e. The molecular formula is C17H22F3NO2. The van der Waals surface area contributed by atoms with E-state index in [1.54, 1.807) is 51.1 Å². The number of rotatable bonds is 1. The fourth-order valence-corrected chi connectivity index (χ4v) is 2.79. The van der Waals surface area contributed by atoms with Gasteiger partial charge in [0.2, 0.25) is 0 Å². The predicted octanol–water partition coefficient (Wildman–Crippen LogP) is 4.94. The molecule has 0 N–H and O–H groups in total. The highest BCUT2D eigenvalue weighted by molar-refractivity contribution is 5.69. The van der Waals surface area contributed by atoms with Gasteiger partial charge in [0.15, 0.2) is 0 Å². The lowest BCUT2D eigenvalue weighted by atomic mass is 9.87. The standard InChI is InChI=1S/C17H22F3NO2/c1-16(2,3)23-15(22)21-10-9-13(17(18,19)20)11-14(21)12-7-5-4-6-8-12/h4-8,13-14H,9-11H2,1-3H3. The molecule has 2 atom stereocenters. The number of hydrogen-bond acceptors (Lipinski definition) is 2. The van der Waals surface area contributed by atoms with Crippen molar-refractivity contribution in [3.05, 3.63) is 35.9 Å². The molecule has 128 valence electrons. The summed E-state index contributed by atoms with van der Waals surface area (Å²) in [6.07, 6.45) is -5.03. The van der Waals surface area contributed by atoms with Crippen LogP contribution in [-0.2, 0) is 4.74 Å². The molecule has 3 nitrogen and oxygen atoms in total. The maximum absolute atomic E-state index is 13.1. The number of carbonyl (C=O) groups excluding carboxylic acids is 1. The van der Waals surface area contributed by atoms with Gasteiger partial charge in [0, 0.05) is 6.54 Å². The van der Waals surface area contributed by atoms with Crippen molar-refractivity contribution >= 4 is 6.09 Å². The number of amides is 1. The van der Waals surface area contributed by atoms with Crippen LogP contribution in [0.5, 0.6) is 0 Å². The quantitative estimate of drug-likeness (QED) is 0.730. The zero-order valence-electron chi connectivity index (χ0n) is 13.6. The van der Waals surface area contributed by atoms with Crippen LogP contribution < -0.4 is 0 Å². The number of hydrogen-bond donors (Lipinski definition) is 0. The highest BCUT2D eigenvalue weighted by Gasteiger charge is 2.46. The second kappa shape index (κ2) is 6.42. The molecule has 0 aromatic heterocycles. The largest absolute Gasteiger partial charge is 0.444 e. The van der Waals surface area contributed by atoms with Crippen LogP contribution >= 0.6 is 0 Å². The van der Waals surface area contributed by atoms with E-state index in [0.717, 1.165) is 0 Å². The first-order chi connectivity index (χ1) is 10.6.